The predicted octanol–water partition coefficient (Wildman–Crippen LogP) is 1.65. The molecule has 0 aromatic heterocycles. The van der Waals surface area contributed by atoms with Gasteiger partial charge in [0.15, 0.2) is 0 Å². The van der Waals surface area contributed by atoms with Crippen molar-refractivity contribution in [3.63, 3.8) is 0 Å². The van der Waals surface area contributed by atoms with Crippen LogP contribution in [0.3, 0.4) is 0 Å². The van der Waals surface area contributed by atoms with Gasteiger partial charge in [0.05, 0.1) is 11.1 Å². The largest absolute Gasteiger partial charge is 0.399 e. The number of anilines is 2. The van der Waals surface area contributed by atoms with Crippen molar-refractivity contribution in [2.75, 3.05) is 24.7 Å². The molecular formula is C15H18N4O2S. The van der Waals surface area contributed by atoms with Gasteiger partial charge in [-0.2, -0.15) is 13.5 Å². The molecule has 0 aliphatic carbocycles. The van der Waals surface area contributed by atoms with E-state index in [1.165, 1.54) is 30.5 Å². The first-order valence-electron chi connectivity index (χ1n) is 6.56. The number of nitrogens with two attached hydrogens (primary N) is 1. The third kappa shape index (κ3) is 3.98. The molecule has 7 heteroatoms. The van der Waals surface area contributed by atoms with Crippen LogP contribution in [0, 0.1) is 0 Å². The van der Waals surface area contributed by atoms with Crippen molar-refractivity contribution in [1.29, 1.82) is 0 Å². The number of hydrogen-bond donors (Lipinski definition) is 2. The van der Waals surface area contributed by atoms with Gasteiger partial charge in [0.25, 0.3) is 10.0 Å². The lowest BCUT2D eigenvalue weighted by Crippen LogP contribution is -2.18. The van der Waals surface area contributed by atoms with Gasteiger partial charge < -0.3 is 10.6 Å². The summed E-state index contributed by atoms with van der Waals surface area (Å²) in [6.07, 6.45) is 1.45. The average molecular weight is 318 g/mol. The number of hydrogen-bond acceptors (Lipinski definition) is 5. The van der Waals surface area contributed by atoms with Crippen LogP contribution >= 0.6 is 0 Å². The Kier molecular flexibility index (Phi) is 4.67. The third-order valence-electron chi connectivity index (χ3n) is 2.99. The summed E-state index contributed by atoms with van der Waals surface area (Å²) in [7, 11) is 0.216. The zero-order valence-electron chi connectivity index (χ0n) is 12.4. The number of rotatable bonds is 5. The Hall–Kier alpha value is -2.54. The Bertz CT molecular complexity index is 751. The standard InChI is InChI=1S/C15H18N4O2S/c1-19(2)14-7-3-12(4-8-14)11-17-18-22(20,21)15-9-5-13(16)6-10-15/h3-11,18H,16H2,1-2H3/b17-11-. The van der Waals surface area contributed by atoms with Crippen molar-refractivity contribution in [3.05, 3.63) is 54.1 Å². The fourth-order valence-corrected chi connectivity index (χ4v) is 2.52. The third-order valence-corrected chi connectivity index (χ3v) is 4.22. The van der Waals surface area contributed by atoms with Crippen molar-refractivity contribution in [3.8, 4) is 0 Å². The average Bonchev–Trinajstić information content (AvgIpc) is 2.48. The Morgan fingerprint density at radius 2 is 1.64 bits per heavy atom. The maximum Gasteiger partial charge on any atom is 0.276 e. The van der Waals surface area contributed by atoms with Crippen molar-refractivity contribution >= 4 is 27.6 Å². The van der Waals surface area contributed by atoms with Crippen molar-refractivity contribution in [2.24, 2.45) is 5.10 Å². The number of hydrazone groups is 1. The Morgan fingerprint density at radius 3 is 2.18 bits per heavy atom. The lowest BCUT2D eigenvalue weighted by Gasteiger charge is -2.11. The molecule has 0 fully saturated rings. The summed E-state index contributed by atoms with van der Waals surface area (Å²) in [4.78, 5) is 4.26. The van der Waals surface area contributed by atoms with Crippen molar-refractivity contribution in [2.45, 2.75) is 4.90 Å². The molecule has 0 aliphatic rings. The highest BCUT2D eigenvalue weighted by Gasteiger charge is 2.11. The van der Waals surface area contributed by atoms with E-state index in [0.717, 1.165) is 11.3 Å². The Morgan fingerprint density at radius 1 is 1.05 bits per heavy atom. The normalized spacial score (nSPS) is 11.5. The van der Waals surface area contributed by atoms with Crippen LogP contribution in [0.1, 0.15) is 5.56 Å². The summed E-state index contributed by atoms with van der Waals surface area (Å²) in [5.41, 5.74) is 7.89. The summed E-state index contributed by atoms with van der Waals surface area (Å²) >= 11 is 0. The van der Waals surface area contributed by atoms with Crippen LogP contribution in [0.4, 0.5) is 11.4 Å². The highest BCUT2D eigenvalue weighted by molar-refractivity contribution is 7.89. The SMILES string of the molecule is CN(C)c1ccc(/C=N\NS(=O)(=O)c2ccc(N)cc2)cc1. The molecule has 22 heavy (non-hydrogen) atoms. The molecule has 0 heterocycles. The van der Waals surface area contributed by atoms with E-state index in [1.54, 1.807) is 0 Å². The van der Waals surface area contributed by atoms with Crippen LogP contribution in [0.15, 0.2) is 58.5 Å². The quantitative estimate of drug-likeness (QED) is 0.498. The van der Waals surface area contributed by atoms with E-state index >= 15 is 0 Å². The highest BCUT2D eigenvalue weighted by Crippen LogP contribution is 2.12. The first-order valence-corrected chi connectivity index (χ1v) is 8.04. The molecule has 2 aromatic rings. The first-order chi connectivity index (χ1) is 10.4. The van der Waals surface area contributed by atoms with Crippen LogP contribution in [-0.4, -0.2) is 28.7 Å². The predicted molar refractivity (Wildman–Crippen MR) is 89.5 cm³/mol. The van der Waals surface area contributed by atoms with Crippen LogP contribution in [0.2, 0.25) is 0 Å². The van der Waals surface area contributed by atoms with E-state index in [2.05, 4.69) is 9.93 Å². The van der Waals surface area contributed by atoms with Crippen LogP contribution in [-0.2, 0) is 10.0 Å². The zero-order chi connectivity index (χ0) is 16.2. The van der Waals surface area contributed by atoms with Crippen LogP contribution < -0.4 is 15.5 Å². The summed E-state index contributed by atoms with van der Waals surface area (Å²) in [5.74, 6) is 0. The van der Waals surface area contributed by atoms with E-state index in [4.69, 9.17) is 5.73 Å². The fourth-order valence-electron chi connectivity index (χ4n) is 1.73. The number of nitrogen functional groups attached to an aromatic ring is 1. The second kappa shape index (κ2) is 6.48. The lowest BCUT2D eigenvalue weighted by molar-refractivity contribution is 0.584. The second-order valence-corrected chi connectivity index (χ2v) is 6.57. The molecular weight excluding hydrogens is 300 g/mol. The Balaban J connectivity index is 2.06. The molecule has 0 atom stereocenters. The number of benzene rings is 2. The number of sulfonamides is 1. The monoisotopic (exact) mass is 318 g/mol. The van der Waals surface area contributed by atoms with Gasteiger partial charge in [-0.25, -0.2) is 4.83 Å². The molecule has 0 saturated heterocycles. The molecule has 116 valence electrons. The molecule has 6 nitrogen and oxygen atoms in total. The minimum absolute atomic E-state index is 0.113. The fraction of sp³-hybridized carbons (Fsp3) is 0.133. The second-order valence-electron chi connectivity index (χ2n) is 4.91. The molecule has 0 amide bonds. The van der Waals surface area contributed by atoms with E-state index in [1.807, 2.05) is 43.3 Å². The van der Waals surface area contributed by atoms with Gasteiger partial charge in [-0.3, -0.25) is 0 Å². The van der Waals surface area contributed by atoms with Crippen LogP contribution in [0.25, 0.3) is 0 Å². The van der Waals surface area contributed by atoms with Gasteiger partial charge in [0.2, 0.25) is 0 Å². The maximum atomic E-state index is 12.0. The molecule has 2 rings (SSSR count). The molecule has 0 saturated carbocycles. The highest BCUT2D eigenvalue weighted by atomic mass is 32.2. The maximum absolute atomic E-state index is 12.0. The summed E-state index contributed by atoms with van der Waals surface area (Å²) < 4.78 is 24.0. The van der Waals surface area contributed by atoms with Crippen LogP contribution in [0.5, 0.6) is 0 Å². The summed E-state index contributed by atoms with van der Waals surface area (Å²) in [5, 5.41) is 3.78. The minimum Gasteiger partial charge on any atom is -0.399 e. The molecule has 0 spiro atoms. The van der Waals surface area contributed by atoms with Crippen molar-refractivity contribution < 1.29 is 8.42 Å². The molecule has 2 aromatic carbocycles. The van der Waals surface area contributed by atoms with E-state index in [-0.39, 0.29) is 4.90 Å². The van der Waals surface area contributed by atoms with Gasteiger partial charge in [0, 0.05) is 25.5 Å². The smallest absolute Gasteiger partial charge is 0.276 e. The van der Waals surface area contributed by atoms with E-state index in [9.17, 15) is 8.42 Å². The number of nitrogens with zero attached hydrogens (tertiary/aromatic N) is 2. The molecule has 0 unspecified atom stereocenters. The first kappa shape index (κ1) is 15.8. The Labute approximate surface area is 130 Å². The molecule has 0 radical (unpaired) electrons. The topological polar surface area (TPSA) is 87.8 Å². The van der Waals surface area contributed by atoms with Gasteiger partial charge in [-0.1, -0.05) is 12.1 Å². The molecule has 0 aliphatic heterocycles. The van der Waals surface area contributed by atoms with Gasteiger partial charge in [-0.15, -0.1) is 0 Å². The van der Waals surface area contributed by atoms with E-state index < -0.39 is 10.0 Å². The number of nitrogens with one attached hydrogen (secondary N) is 1. The molecule has 3 N–H and O–H groups in total. The minimum atomic E-state index is -3.68. The van der Waals surface area contributed by atoms with Gasteiger partial charge in [0.1, 0.15) is 0 Å². The van der Waals surface area contributed by atoms with Crippen molar-refractivity contribution in [1.82, 2.24) is 4.83 Å². The lowest BCUT2D eigenvalue weighted by atomic mass is 10.2. The van der Waals surface area contributed by atoms with E-state index in [0.29, 0.717) is 5.69 Å². The van der Waals surface area contributed by atoms with Gasteiger partial charge in [-0.05, 0) is 42.0 Å². The zero-order valence-corrected chi connectivity index (χ0v) is 13.2. The summed E-state index contributed by atoms with van der Waals surface area (Å²) in [6.45, 7) is 0. The molecule has 0 bridgehead atoms. The summed E-state index contributed by atoms with van der Waals surface area (Å²) in [6, 6.07) is 13.5. The van der Waals surface area contributed by atoms with Gasteiger partial charge >= 0.3 is 0 Å².